The van der Waals surface area contributed by atoms with E-state index in [4.69, 9.17) is 21.1 Å². The number of hydrogen-bond acceptors (Lipinski definition) is 3. The van der Waals surface area contributed by atoms with E-state index in [0.717, 1.165) is 12.0 Å². The number of ether oxygens (including phenoxy) is 2. The first-order valence-corrected chi connectivity index (χ1v) is 5.61. The fraction of sp³-hybridized carbons (Fsp3) is 0.500. The molecule has 0 saturated carbocycles. The molecule has 0 amide bonds. The summed E-state index contributed by atoms with van der Waals surface area (Å²) < 4.78 is 10.3. The van der Waals surface area contributed by atoms with Crippen LogP contribution in [0.25, 0.3) is 0 Å². The average molecular weight is 245 g/mol. The minimum Gasteiger partial charge on any atom is -0.493 e. The van der Waals surface area contributed by atoms with Crippen LogP contribution in [0.5, 0.6) is 11.5 Å². The summed E-state index contributed by atoms with van der Waals surface area (Å²) in [5, 5.41) is 10.3. The minimum absolute atomic E-state index is 0.451. The van der Waals surface area contributed by atoms with E-state index in [0.29, 0.717) is 22.9 Å². The highest BCUT2D eigenvalue weighted by molar-refractivity contribution is 6.32. The fourth-order valence-corrected chi connectivity index (χ4v) is 1.87. The maximum Gasteiger partial charge on any atom is 0.179 e. The zero-order valence-electron chi connectivity index (χ0n) is 9.79. The first kappa shape index (κ1) is 13.1. The molecule has 0 spiro atoms. The predicted molar refractivity (Wildman–Crippen MR) is 64.4 cm³/mol. The Morgan fingerprint density at radius 3 is 2.50 bits per heavy atom. The molecule has 1 aromatic rings. The number of rotatable bonds is 5. The minimum atomic E-state index is -0.512. The summed E-state index contributed by atoms with van der Waals surface area (Å²) in [7, 11) is 3.08. The summed E-state index contributed by atoms with van der Waals surface area (Å²) in [5.41, 5.74) is 0.754. The maximum absolute atomic E-state index is 9.87. The molecule has 0 fully saturated rings. The van der Waals surface area contributed by atoms with Crippen LogP contribution in [-0.4, -0.2) is 19.3 Å². The second-order valence-electron chi connectivity index (χ2n) is 3.54. The molecule has 0 heterocycles. The third-order valence-corrected chi connectivity index (χ3v) is 2.68. The number of halogens is 1. The Kier molecular flexibility index (Phi) is 4.90. The van der Waals surface area contributed by atoms with Gasteiger partial charge in [0.05, 0.1) is 25.3 Å². The van der Waals surface area contributed by atoms with Crippen molar-refractivity contribution >= 4 is 11.6 Å². The molecule has 0 aliphatic carbocycles. The van der Waals surface area contributed by atoms with Gasteiger partial charge in [0, 0.05) is 0 Å². The van der Waals surface area contributed by atoms with Crippen LogP contribution in [0, 0.1) is 0 Å². The van der Waals surface area contributed by atoms with Gasteiger partial charge in [0.25, 0.3) is 0 Å². The van der Waals surface area contributed by atoms with Crippen LogP contribution in [0.1, 0.15) is 31.4 Å². The van der Waals surface area contributed by atoms with Gasteiger partial charge in [0.15, 0.2) is 11.5 Å². The molecule has 0 aliphatic heterocycles. The van der Waals surface area contributed by atoms with Gasteiger partial charge in [-0.15, -0.1) is 0 Å². The number of methoxy groups -OCH3 is 2. The van der Waals surface area contributed by atoms with Gasteiger partial charge in [-0.2, -0.15) is 0 Å². The summed E-state index contributed by atoms with van der Waals surface area (Å²) in [4.78, 5) is 0. The molecule has 4 heteroatoms. The summed E-state index contributed by atoms with van der Waals surface area (Å²) >= 11 is 6.04. The zero-order chi connectivity index (χ0) is 12.1. The summed E-state index contributed by atoms with van der Waals surface area (Å²) in [5.74, 6) is 1.04. The lowest BCUT2D eigenvalue weighted by atomic mass is 10.0. The van der Waals surface area contributed by atoms with Crippen molar-refractivity contribution in [2.24, 2.45) is 0 Å². The van der Waals surface area contributed by atoms with Crippen molar-refractivity contribution in [3.8, 4) is 11.5 Å². The van der Waals surface area contributed by atoms with Crippen LogP contribution in [0.4, 0.5) is 0 Å². The molecule has 0 unspecified atom stereocenters. The molecule has 0 radical (unpaired) electrons. The Morgan fingerprint density at radius 1 is 1.31 bits per heavy atom. The standard InChI is InChI=1S/C12H17ClO3/c1-4-5-10(14)8-6-9(13)12(16-3)11(7-8)15-2/h6-7,10,14H,4-5H2,1-3H3/t10-/m0/s1. The lowest BCUT2D eigenvalue weighted by Crippen LogP contribution is -1.99. The molecule has 0 saturated heterocycles. The molecule has 0 bridgehead atoms. The SMILES string of the molecule is CCC[C@H](O)c1cc(Cl)c(OC)c(OC)c1. The monoisotopic (exact) mass is 244 g/mol. The Balaban J connectivity index is 3.09. The lowest BCUT2D eigenvalue weighted by Gasteiger charge is -2.15. The molecule has 1 aromatic carbocycles. The normalized spacial score (nSPS) is 12.3. The highest BCUT2D eigenvalue weighted by atomic mass is 35.5. The van der Waals surface area contributed by atoms with Crippen molar-refractivity contribution in [1.82, 2.24) is 0 Å². The van der Waals surface area contributed by atoms with Crippen LogP contribution in [0.15, 0.2) is 12.1 Å². The Morgan fingerprint density at radius 2 is 2.00 bits per heavy atom. The fourth-order valence-electron chi connectivity index (χ4n) is 1.57. The van der Waals surface area contributed by atoms with Gasteiger partial charge in [0.1, 0.15) is 0 Å². The second-order valence-corrected chi connectivity index (χ2v) is 3.95. The van der Waals surface area contributed by atoms with Crippen molar-refractivity contribution in [2.45, 2.75) is 25.9 Å². The van der Waals surface area contributed by atoms with Gasteiger partial charge in [-0.05, 0) is 24.1 Å². The quantitative estimate of drug-likeness (QED) is 0.865. The summed E-state index contributed by atoms with van der Waals surface area (Å²) in [6.07, 6.45) is 1.10. The average Bonchev–Trinajstić information content (AvgIpc) is 2.28. The molecular weight excluding hydrogens is 228 g/mol. The molecule has 0 aromatic heterocycles. The topological polar surface area (TPSA) is 38.7 Å². The third-order valence-electron chi connectivity index (χ3n) is 2.40. The van der Waals surface area contributed by atoms with Crippen LogP contribution in [0.3, 0.4) is 0 Å². The summed E-state index contributed by atoms with van der Waals surface area (Å²) in [6, 6.07) is 3.47. The highest BCUT2D eigenvalue weighted by Crippen LogP contribution is 2.38. The molecule has 0 aliphatic rings. The summed E-state index contributed by atoms with van der Waals surface area (Å²) in [6.45, 7) is 2.02. The molecule has 90 valence electrons. The first-order chi connectivity index (χ1) is 7.63. The largest absolute Gasteiger partial charge is 0.493 e. The molecule has 1 rings (SSSR count). The molecule has 3 nitrogen and oxygen atoms in total. The van der Waals surface area contributed by atoms with Gasteiger partial charge in [-0.1, -0.05) is 24.9 Å². The number of aliphatic hydroxyl groups excluding tert-OH is 1. The first-order valence-electron chi connectivity index (χ1n) is 5.23. The van der Waals surface area contributed by atoms with E-state index in [1.165, 1.54) is 7.11 Å². The Hall–Kier alpha value is -0.930. The van der Waals surface area contributed by atoms with Crippen molar-refractivity contribution in [1.29, 1.82) is 0 Å². The number of benzene rings is 1. The molecular formula is C12H17ClO3. The third kappa shape index (κ3) is 2.80. The Labute approximate surface area is 101 Å². The van der Waals surface area contributed by atoms with E-state index >= 15 is 0 Å². The van der Waals surface area contributed by atoms with E-state index < -0.39 is 6.10 Å². The molecule has 1 N–H and O–H groups in total. The second kappa shape index (κ2) is 5.97. The maximum atomic E-state index is 9.87. The van der Waals surface area contributed by atoms with Crippen molar-refractivity contribution in [3.63, 3.8) is 0 Å². The lowest BCUT2D eigenvalue weighted by molar-refractivity contribution is 0.166. The Bertz CT molecular complexity index is 352. The van der Waals surface area contributed by atoms with E-state index in [9.17, 15) is 5.11 Å². The van der Waals surface area contributed by atoms with E-state index in [1.54, 1.807) is 19.2 Å². The van der Waals surface area contributed by atoms with Gasteiger partial charge >= 0.3 is 0 Å². The highest BCUT2D eigenvalue weighted by Gasteiger charge is 2.14. The van der Waals surface area contributed by atoms with Crippen molar-refractivity contribution < 1.29 is 14.6 Å². The zero-order valence-corrected chi connectivity index (χ0v) is 10.5. The number of hydrogen-bond donors (Lipinski definition) is 1. The smallest absolute Gasteiger partial charge is 0.179 e. The van der Waals surface area contributed by atoms with E-state index in [1.807, 2.05) is 6.92 Å². The van der Waals surface area contributed by atoms with E-state index in [-0.39, 0.29) is 0 Å². The predicted octanol–water partition coefficient (Wildman–Crippen LogP) is 3.19. The van der Waals surface area contributed by atoms with Crippen LogP contribution < -0.4 is 9.47 Å². The van der Waals surface area contributed by atoms with Crippen molar-refractivity contribution in [3.05, 3.63) is 22.7 Å². The van der Waals surface area contributed by atoms with Gasteiger partial charge in [-0.25, -0.2) is 0 Å². The van der Waals surface area contributed by atoms with Crippen molar-refractivity contribution in [2.75, 3.05) is 14.2 Å². The van der Waals surface area contributed by atoms with Crippen LogP contribution >= 0.6 is 11.6 Å². The van der Waals surface area contributed by atoms with E-state index in [2.05, 4.69) is 0 Å². The van der Waals surface area contributed by atoms with Crippen LogP contribution in [-0.2, 0) is 0 Å². The van der Waals surface area contributed by atoms with Gasteiger partial charge in [0.2, 0.25) is 0 Å². The van der Waals surface area contributed by atoms with Gasteiger partial charge in [-0.3, -0.25) is 0 Å². The molecule has 1 atom stereocenters. The number of aliphatic hydroxyl groups is 1. The van der Waals surface area contributed by atoms with Gasteiger partial charge < -0.3 is 14.6 Å². The van der Waals surface area contributed by atoms with Crippen LogP contribution in [0.2, 0.25) is 5.02 Å². The molecule has 16 heavy (non-hydrogen) atoms.